The molecule has 1 N–H and O–H groups in total. The number of nitrogens with one attached hydrogen (secondary N) is 1. The molecule has 5 nitrogen and oxygen atoms in total. The molecule has 0 aromatic carbocycles. The first-order valence-electron chi connectivity index (χ1n) is 4.96. The van der Waals surface area contributed by atoms with Gasteiger partial charge in [-0.25, -0.2) is 4.98 Å². The number of hydrogen-bond acceptors (Lipinski definition) is 5. The third-order valence-corrected chi connectivity index (χ3v) is 3.80. The number of aromatic nitrogens is 1. The van der Waals surface area contributed by atoms with E-state index in [1.807, 2.05) is 0 Å². The van der Waals surface area contributed by atoms with Crippen molar-refractivity contribution in [3.63, 3.8) is 0 Å². The number of nitro groups is 1. The van der Waals surface area contributed by atoms with Crippen molar-refractivity contribution in [1.29, 1.82) is 0 Å². The first kappa shape index (κ1) is 16.0. The molecule has 0 atom stereocenters. The smallest absolute Gasteiger partial charge is 0.368 e. The number of nitrogens with zero attached hydrogens (tertiary/aromatic N) is 2. The average Bonchev–Trinajstić information content (AvgIpc) is 2.28. The summed E-state index contributed by atoms with van der Waals surface area (Å²) in [6, 6.07) is 0. The van der Waals surface area contributed by atoms with Crippen molar-refractivity contribution in [2.24, 2.45) is 0 Å². The van der Waals surface area contributed by atoms with Crippen LogP contribution >= 0.6 is 27.7 Å². The van der Waals surface area contributed by atoms with Gasteiger partial charge in [-0.3, -0.25) is 10.1 Å². The predicted molar refractivity (Wildman–Crippen MR) is 70.3 cm³/mol. The van der Waals surface area contributed by atoms with E-state index >= 15 is 0 Å². The van der Waals surface area contributed by atoms with E-state index in [2.05, 4.69) is 26.2 Å². The molecule has 0 aliphatic carbocycles. The lowest BCUT2D eigenvalue weighted by atomic mass is 10.2. The van der Waals surface area contributed by atoms with E-state index in [0.717, 1.165) is 6.20 Å². The van der Waals surface area contributed by atoms with Crippen LogP contribution in [0.2, 0.25) is 0 Å². The lowest BCUT2D eigenvalue weighted by Gasteiger charge is -2.10. The van der Waals surface area contributed by atoms with Crippen molar-refractivity contribution in [1.82, 2.24) is 4.98 Å². The lowest BCUT2D eigenvalue weighted by Crippen LogP contribution is -2.11. The molecule has 1 aromatic rings. The van der Waals surface area contributed by atoms with Gasteiger partial charge in [0.2, 0.25) is 0 Å². The van der Waals surface area contributed by atoms with E-state index in [1.165, 1.54) is 6.92 Å². The molecule has 0 spiro atoms. The third-order valence-electron chi connectivity index (χ3n) is 2.09. The van der Waals surface area contributed by atoms with Crippen LogP contribution in [0.25, 0.3) is 0 Å². The van der Waals surface area contributed by atoms with Crippen LogP contribution in [-0.2, 0) is 0 Å². The lowest BCUT2D eigenvalue weighted by molar-refractivity contribution is -0.385. The highest BCUT2D eigenvalue weighted by molar-refractivity contribution is 9.10. The normalized spacial score (nSPS) is 11.4. The molecule has 0 fully saturated rings. The molecule has 0 aliphatic rings. The molecule has 0 saturated carbocycles. The average molecular weight is 360 g/mol. The Kier molecular flexibility index (Phi) is 5.41. The Labute approximate surface area is 119 Å². The van der Waals surface area contributed by atoms with Gasteiger partial charge in [-0.05, 0) is 34.6 Å². The third kappa shape index (κ3) is 4.86. The minimum Gasteiger partial charge on any atom is -0.368 e. The predicted octanol–water partition coefficient (Wildman–Crippen LogP) is 3.73. The fraction of sp³-hybridized carbons (Fsp3) is 0.444. The minimum absolute atomic E-state index is 0.0486. The van der Waals surface area contributed by atoms with Crippen molar-refractivity contribution in [3.05, 3.63) is 26.3 Å². The molecule has 106 valence electrons. The van der Waals surface area contributed by atoms with Crippen LogP contribution in [0, 0.1) is 17.0 Å². The molecule has 0 aliphatic heterocycles. The first-order chi connectivity index (χ1) is 8.72. The van der Waals surface area contributed by atoms with Crippen molar-refractivity contribution < 1.29 is 18.1 Å². The van der Waals surface area contributed by atoms with Crippen LogP contribution in [0.4, 0.5) is 24.7 Å². The maximum absolute atomic E-state index is 11.9. The number of rotatable bonds is 5. The van der Waals surface area contributed by atoms with Gasteiger partial charge in [-0.2, -0.15) is 13.2 Å². The van der Waals surface area contributed by atoms with Gasteiger partial charge in [0, 0.05) is 17.9 Å². The molecular formula is C9H9BrF3N3O2S. The monoisotopic (exact) mass is 359 g/mol. The molecule has 0 amide bonds. The summed E-state index contributed by atoms with van der Waals surface area (Å²) >= 11 is 2.99. The van der Waals surface area contributed by atoms with E-state index in [-0.39, 0.29) is 35.6 Å². The minimum atomic E-state index is -4.27. The van der Waals surface area contributed by atoms with Gasteiger partial charge in [0.25, 0.3) is 5.69 Å². The number of pyridine rings is 1. The standard InChI is InChI=1S/C9H9BrF3N3O2S/c1-5-6(16(17)18)4-15-8(7(5)10)14-2-3-19-9(11,12)13/h4H,2-3H2,1H3,(H,14,15). The SMILES string of the molecule is Cc1c([N+](=O)[O-])cnc(NCCSC(F)(F)F)c1Br. The van der Waals surface area contributed by atoms with Gasteiger partial charge < -0.3 is 5.32 Å². The Morgan fingerprint density at radius 1 is 1.58 bits per heavy atom. The molecule has 1 rings (SSSR count). The van der Waals surface area contributed by atoms with Gasteiger partial charge in [0.15, 0.2) is 0 Å². The Morgan fingerprint density at radius 3 is 2.74 bits per heavy atom. The second-order valence-corrected chi connectivity index (χ2v) is 5.36. The Balaban J connectivity index is 2.66. The van der Waals surface area contributed by atoms with Gasteiger partial charge >= 0.3 is 5.51 Å². The summed E-state index contributed by atoms with van der Waals surface area (Å²) in [5.41, 5.74) is -4.05. The number of alkyl halides is 3. The second-order valence-electron chi connectivity index (χ2n) is 3.41. The zero-order chi connectivity index (χ0) is 14.6. The summed E-state index contributed by atoms with van der Waals surface area (Å²) in [5, 5.41) is 13.3. The molecule has 1 aromatic heterocycles. The van der Waals surface area contributed by atoms with Crippen LogP contribution in [-0.4, -0.2) is 27.7 Å². The highest BCUT2D eigenvalue weighted by atomic mass is 79.9. The van der Waals surface area contributed by atoms with Gasteiger partial charge in [0.1, 0.15) is 12.0 Å². The van der Waals surface area contributed by atoms with Crippen molar-refractivity contribution in [3.8, 4) is 0 Å². The van der Waals surface area contributed by atoms with Crippen LogP contribution in [0.3, 0.4) is 0 Å². The van der Waals surface area contributed by atoms with Gasteiger partial charge in [-0.1, -0.05) is 0 Å². The van der Waals surface area contributed by atoms with Crippen LogP contribution in [0.1, 0.15) is 5.56 Å². The van der Waals surface area contributed by atoms with Crippen LogP contribution in [0.15, 0.2) is 10.7 Å². The molecule has 0 saturated heterocycles. The Hall–Kier alpha value is -1.03. The van der Waals surface area contributed by atoms with E-state index in [0.29, 0.717) is 10.0 Å². The maximum Gasteiger partial charge on any atom is 0.441 e. The maximum atomic E-state index is 11.9. The first-order valence-corrected chi connectivity index (χ1v) is 6.74. The summed E-state index contributed by atoms with van der Waals surface area (Å²) < 4.78 is 36.1. The summed E-state index contributed by atoms with van der Waals surface area (Å²) in [7, 11) is 0. The molecule has 0 bridgehead atoms. The van der Waals surface area contributed by atoms with Crippen molar-refractivity contribution in [2.75, 3.05) is 17.6 Å². The van der Waals surface area contributed by atoms with Crippen molar-refractivity contribution in [2.45, 2.75) is 12.4 Å². The zero-order valence-corrected chi connectivity index (χ0v) is 12.0. The van der Waals surface area contributed by atoms with Gasteiger partial charge in [0.05, 0.1) is 9.40 Å². The van der Waals surface area contributed by atoms with E-state index in [9.17, 15) is 23.3 Å². The molecule has 0 radical (unpaired) electrons. The van der Waals surface area contributed by atoms with Crippen LogP contribution < -0.4 is 5.32 Å². The number of thioether (sulfide) groups is 1. The van der Waals surface area contributed by atoms with Crippen LogP contribution in [0.5, 0.6) is 0 Å². The number of halogens is 4. The van der Waals surface area contributed by atoms with Gasteiger partial charge in [-0.15, -0.1) is 0 Å². The number of anilines is 1. The molecular weight excluding hydrogens is 351 g/mol. The summed E-state index contributed by atoms with van der Waals surface area (Å²) in [6.45, 7) is 1.58. The molecule has 19 heavy (non-hydrogen) atoms. The van der Waals surface area contributed by atoms with E-state index in [4.69, 9.17) is 0 Å². The highest BCUT2D eigenvalue weighted by Crippen LogP contribution is 2.32. The fourth-order valence-corrected chi connectivity index (χ4v) is 2.09. The Bertz CT molecular complexity index is 485. The number of hydrogen-bond donors (Lipinski definition) is 1. The largest absolute Gasteiger partial charge is 0.441 e. The van der Waals surface area contributed by atoms with E-state index in [1.54, 1.807) is 0 Å². The van der Waals surface area contributed by atoms with E-state index < -0.39 is 10.4 Å². The quantitative estimate of drug-likeness (QED) is 0.492. The summed E-state index contributed by atoms with van der Waals surface area (Å²) in [5.74, 6) is 0.110. The molecule has 10 heteroatoms. The second kappa shape index (κ2) is 6.42. The zero-order valence-electron chi connectivity index (χ0n) is 9.62. The fourth-order valence-electron chi connectivity index (χ4n) is 1.21. The summed E-state index contributed by atoms with van der Waals surface area (Å²) in [6.07, 6.45) is 1.07. The Morgan fingerprint density at radius 2 is 2.21 bits per heavy atom. The molecule has 0 unspecified atom stereocenters. The summed E-state index contributed by atoms with van der Waals surface area (Å²) in [4.78, 5) is 13.9. The topological polar surface area (TPSA) is 68.1 Å². The van der Waals surface area contributed by atoms with Crippen molar-refractivity contribution >= 4 is 39.2 Å². The molecule has 1 heterocycles. The highest BCUT2D eigenvalue weighted by Gasteiger charge is 2.27.